The highest BCUT2D eigenvalue weighted by atomic mass is 16.5. The smallest absolute Gasteiger partial charge is 0.409 e. The van der Waals surface area contributed by atoms with Gasteiger partial charge in [-0.3, -0.25) is 0 Å². The normalized spacial score (nSPS) is 25.3. The average Bonchev–Trinajstić information content (AvgIpc) is 2.53. The van der Waals surface area contributed by atoms with Crippen LogP contribution in [0.2, 0.25) is 0 Å². The van der Waals surface area contributed by atoms with Gasteiger partial charge in [0.25, 0.3) is 0 Å². The molecule has 1 saturated heterocycles. The fraction of sp³-hybridized carbons (Fsp3) is 0.667. The number of amides is 1. The van der Waals surface area contributed by atoms with E-state index in [4.69, 9.17) is 4.74 Å². The number of fused-ring (bicyclic) bond motifs is 1. The molecule has 1 N–H and O–H groups in total. The van der Waals surface area contributed by atoms with Crippen molar-refractivity contribution < 1.29 is 9.53 Å². The summed E-state index contributed by atoms with van der Waals surface area (Å²) in [5, 5.41) is 3.48. The highest BCUT2D eigenvalue weighted by molar-refractivity contribution is 5.67. The molecule has 1 unspecified atom stereocenters. The average molecular weight is 290 g/mol. The van der Waals surface area contributed by atoms with Gasteiger partial charge in [-0.05, 0) is 19.8 Å². The fourth-order valence-corrected chi connectivity index (χ4v) is 3.32. The number of ether oxygens (including phenoxy) is 1. The fourth-order valence-electron chi connectivity index (χ4n) is 3.32. The number of nitrogens with zero attached hydrogens (tertiary/aromatic N) is 3. The van der Waals surface area contributed by atoms with E-state index in [1.165, 1.54) is 12.7 Å². The molecule has 2 atom stereocenters. The molecule has 21 heavy (non-hydrogen) atoms. The maximum absolute atomic E-state index is 11.7. The van der Waals surface area contributed by atoms with Crippen molar-refractivity contribution >= 4 is 6.09 Å². The summed E-state index contributed by atoms with van der Waals surface area (Å²) in [6.07, 6.45) is 4.42. The minimum atomic E-state index is -0.241. The number of hydrogen-bond donors (Lipinski definition) is 1. The van der Waals surface area contributed by atoms with E-state index in [1.807, 2.05) is 0 Å². The van der Waals surface area contributed by atoms with Gasteiger partial charge in [0, 0.05) is 43.6 Å². The third-order valence-electron chi connectivity index (χ3n) is 4.44. The van der Waals surface area contributed by atoms with E-state index in [0.29, 0.717) is 12.6 Å². The van der Waals surface area contributed by atoms with Crippen LogP contribution in [0, 0.1) is 0 Å². The van der Waals surface area contributed by atoms with Crippen LogP contribution in [0.4, 0.5) is 4.79 Å². The summed E-state index contributed by atoms with van der Waals surface area (Å²) in [5.41, 5.74) is 3.49. The van der Waals surface area contributed by atoms with Gasteiger partial charge in [0.15, 0.2) is 0 Å². The monoisotopic (exact) mass is 290 g/mol. The Bertz CT molecular complexity index is 534. The van der Waals surface area contributed by atoms with Crippen LogP contribution < -0.4 is 5.32 Å². The molecule has 0 spiro atoms. The first-order chi connectivity index (χ1) is 10.2. The molecule has 0 aliphatic carbocycles. The van der Waals surface area contributed by atoms with E-state index in [1.54, 1.807) is 11.2 Å². The van der Waals surface area contributed by atoms with Crippen LogP contribution in [0.25, 0.3) is 0 Å². The first kappa shape index (κ1) is 14.3. The zero-order valence-corrected chi connectivity index (χ0v) is 12.6. The maximum atomic E-state index is 11.7. The van der Waals surface area contributed by atoms with Crippen LogP contribution in [0.5, 0.6) is 0 Å². The van der Waals surface area contributed by atoms with Crippen molar-refractivity contribution in [2.24, 2.45) is 0 Å². The Morgan fingerprint density at radius 2 is 2.33 bits per heavy atom. The SMILES string of the molecule is COC(=O)N1CCCC(c2ncnc3c2CN[C@H](C)C3)C1. The maximum Gasteiger partial charge on any atom is 0.409 e. The number of rotatable bonds is 1. The molecule has 0 aromatic carbocycles. The number of likely N-dealkylation sites (tertiary alicyclic amines) is 1. The van der Waals surface area contributed by atoms with E-state index >= 15 is 0 Å². The topological polar surface area (TPSA) is 67.3 Å². The minimum absolute atomic E-state index is 0.241. The van der Waals surface area contributed by atoms with Crippen molar-refractivity contribution in [3.05, 3.63) is 23.3 Å². The lowest BCUT2D eigenvalue weighted by atomic mass is 9.89. The summed E-state index contributed by atoms with van der Waals surface area (Å²) in [6, 6.07) is 0.457. The molecule has 3 rings (SSSR count). The molecule has 1 amide bonds. The van der Waals surface area contributed by atoms with Gasteiger partial charge in [0.1, 0.15) is 6.33 Å². The van der Waals surface area contributed by atoms with Crippen LogP contribution in [0.15, 0.2) is 6.33 Å². The van der Waals surface area contributed by atoms with Crippen molar-refractivity contribution in [3.63, 3.8) is 0 Å². The van der Waals surface area contributed by atoms with Crippen molar-refractivity contribution in [1.82, 2.24) is 20.2 Å². The van der Waals surface area contributed by atoms with Crippen molar-refractivity contribution in [1.29, 1.82) is 0 Å². The Kier molecular flexibility index (Phi) is 4.05. The molecule has 0 radical (unpaired) electrons. The molecule has 1 fully saturated rings. The number of methoxy groups -OCH3 is 1. The first-order valence-electron chi connectivity index (χ1n) is 7.58. The van der Waals surface area contributed by atoms with Gasteiger partial charge < -0.3 is 15.0 Å². The quantitative estimate of drug-likeness (QED) is 0.848. The van der Waals surface area contributed by atoms with Crippen molar-refractivity contribution in [2.75, 3.05) is 20.2 Å². The molecule has 114 valence electrons. The molecular formula is C15H22N4O2. The number of nitrogens with one attached hydrogen (secondary N) is 1. The largest absolute Gasteiger partial charge is 0.453 e. The summed E-state index contributed by atoms with van der Waals surface area (Å²) in [5.74, 6) is 0.282. The molecule has 1 aromatic heterocycles. The minimum Gasteiger partial charge on any atom is -0.453 e. The highest BCUT2D eigenvalue weighted by Gasteiger charge is 2.29. The van der Waals surface area contributed by atoms with E-state index in [2.05, 4.69) is 22.2 Å². The van der Waals surface area contributed by atoms with Crippen molar-refractivity contribution in [2.45, 2.75) is 44.7 Å². The Hall–Kier alpha value is -1.69. The highest BCUT2D eigenvalue weighted by Crippen LogP contribution is 2.30. The third-order valence-corrected chi connectivity index (χ3v) is 4.44. The number of carbonyl (C=O) groups is 1. The van der Waals surface area contributed by atoms with Gasteiger partial charge in [-0.1, -0.05) is 0 Å². The molecule has 3 heterocycles. The predicted octanol–water partition coefficient (Wildman–Crippen LogP) is 1.46. The zero-order valence-electron chi connectivity index (χ0n) is 12.6. The van der Waals surface area contributed by atoms with Crippen LogP contribution in [0.3, 0.4) is 0 Å². The van der Waals surface area contributed by atoms with Gasteiger partial charge >= 0.3 is 6.09 Å². The number of hydrogen-bond acceptors (Lipinski definition) is 5. The lowest BCUT2D eigenvalue weighted by Gasteiger charge is -2.33. The van der Waals surface area contributed by atoms with E-state index in [-0.39, 0.29) is 12.0 Å². The summed E-state index contributed by atoms with van der Waals surface area (Å²) >= 11 is 0. The predicted molar refractivity (Wildman–Crippen MR) is 78.0 cm³/mol. The van der Waals surface area contributed by atoms with Gasteiger partial charge in [0.2, 0.25) is 0 Å². The summed E-state index contributed by atoms with van der Waals surface area (Å²) < 4.78 is 4.84. The number of aromatic nitrogens is 2. The molecule has 1 aromatic rings. The summed E-state index contributed by atoms with van der Waals surface area (Å²) in [6.45, 7) is 4.45. The van der Waals surface area contributed by atoms with Gasteiger partial charge in [-0.15, -0.1) is 0 Å². The van der Waals surface area contributed by atoms with Gasteiger partial charge in [0.05, 0.1) is 18.5 Å². The van der Waals surface area contributed by atoms with Crippen LogP contribution in [-0.2, 0) is 17.7 Å². The Morgan fingerprint density at radius 3 is 3.14 bits per heavy atom. The van der Waals surface area contributed by atoms with E-state index in [0.717, 1.165) is 43.7 Å². The molecule has 6 heteroatoms. The Morgan fingerprint density at radius 1 is 1.48 bits per heavy atom. The molecule has 6 nitrogen and oxygen atoms in total. The Balaban J connectivity index is 1.83. The molecular weight excluding hydrogens is 268 g/mol. The van der Waals surface area contributed by atoms with Crippen molar-refractivity contribution in [3.8, 4) is 0 Å². The summed E-state index contributed by atoms with van der Waals surface area (Å²) in [4.78, 5) is 22.5. The lowest BCUT2D eigenvalue weighted by Crippen LogP contribution is -2.40. The molecule has 2 aliphatic rings. The third kappa shape index (κ3) is 2.85. The van der Waals surface area contributed by atoms with Gasteiger partial charge in [-0.25, -0.2) is 14.8 Å². The standard InChI is InChI=1S/C15H22N4O2/c1-10-6-13-12(7-16-10)14(18-9-17-13)11-4-3-5-19(8-11)15(20)21-2/h9-11,16H,3-8H2,1-2H3/t10-,11?/m1/s1. The molecule has 0 bridgehead atoms. The van der Waals surface area contributed by atoms with E-state index < -0.39 is 0 Å². The summed E-state index contributed by atoms with van der Waals surface area (Å²) in [7, 11) is 1.43. The second kappa shape index (κ2) is 5.97. The second-order valence-electron chi connectivity index (χ2n) is 5.93. The number of piperidine rings is 1. The first-order valence-corrected chi connectivity index (χ1v) is 7.58. The Labute approximate surface area is 124 Å². The number of carbonyl (C=O) groups excluding carboxylic acids is 1. The van der Waals surface area contributed by atoms with Crippen LogP contribution >= 0.6 is 0 Å². The molecule has 0 saturated carbocycles. The van der Waals surface area contributed by atoms with Gasteiger partial charge in [-0.2, -0.15) is 0 Å². The zero-order chi connectivity index (χ0) is 14.8. The molecule has 2 aliphatic heterocycles. The van der Waals surface area contributed by atoms with Crippen LogP contribution in [-0.4, -0.2) is 47.2 Å². The van der Waals surface area contributed by atoms with E-state index in [9.17, 15) is 4.79 Å². The van der Waals surface area contributed by atoms with Crippen LogP contribution in [0.1, 0.15) is 42.6 Å². The second-order valence-corrected chi connectivity index (χ2v) is 5.93. The lowest BCUT2D eigenvalue weighted by molar-refractivity contribution is 0.110.